The molecule has 7 nitrogen and oxygen atoms in total. The van der Waals surface area contributed by atoms with Gasteiger partial charge in [-0.3, -0.25) is 0 Å². The average Bonchev–Trinajstić information content (AvgIpc) is 3.32. The van der Waals surface area contributed by atoms with Crippen molar-refractivity contribution >= 4 is 17.4 Å². The maximum Gasteiger partial charge on any atom is 0.317 e. The Bertz CT molecular complexity index is 883. The van der Waals surface area contributed by atoms with Crippen molar-refractivity contribution in [2.75, 3.05) is 69.8 Å². The normalized spacial score (nSPS) is 18.8. The van der Waals surface area contributed by atoms with Crippen molar-refractivity contribution < 1.29 is 14.3 Å². The summed E-state index contributed by atoms with van der Waals surface area (Å²) in [5.74, 6) is 2.22. The van der Waals surface area contributed by atoms with Gasteiger partial charge in [0.1, 0.15) is 11.5 Å². The number of nitrogens with one attached hydrogen (secondary N) is 1. The van der Waals surface area contributed by atoms with Crippen LogP contribution in [0.15, 0.2) is 48.5 Å². The molecule has 7 heteroatoms. The number of ether oxygens (including phenoxy) is 2. The minimum Gasteiger partial charge on any atom is -0.497 e. The van der Waals surface area contributed by atoms with E-state index < -0.39 is 0 Å². The summed E-state index contributed by atoms with van der Waals surface area (Å²) in [6.45, 7) is 5.71. The van der Waals surface area contributed by atoms with E-state index in [9.17, 15) is 4.79 Å². The molecule has 2 aliphatic heterocycles. The highest BCUT2D eigenvalue weighted by atomic mass is 16.5. The third-order valence-electron chi connectivity index (χ3n) is 6.24. The number of urea groups is 1. The van der Waals surface area contributed by atoms with E-state index in [4.69, 9.17) is 9.47 Å². The predicted molar refractivity (Wildman–Crippen MR) is 123 cm³/mol. The zero-order valence-electron chi connectivity index (χ0n) is 18.4. The van der Waals surface area contributed by atoms with E-state index in [-0.39, 0.29) is 6.03 Å². The molecule has 2 aromatic carbocycles. The number of nitrogens with zero attached hydrogens (tertiary/aromatic N) is 3. The molecule has 166 valence electrons. The Labute approximate surface area is 184 Å². The maximum atomic E-state index is 12.7. The van der Waals surface area contributed by atoms with Gasteiger partial charge < -0.3 is 29.5 Å². The second-order valence-electron chi connectivity index (χ2n) is 8.13. The molecule has 0 aliphatic carbocycles. The zero-order valence-corrected chi connectivity index (χ0v) is 18.4. The van der Waals surface area contributed by atoms with Gasteiger partial charge in [-0.25, -0.2) is 4.79 Å². The van der Waals surface area contributed by atoms with Crippen LogP contribution in [0.25, 0.3) is 0 Å². The van der Waals surface area contributed by atoms with Gasteiger partial charge in [0, 0.05) is 57.6 Å². The molecule has 2 heterocycles. The molecule has 2 fully saturated rings. The number of piperazine rings is 1. The highest BCUT2D eigenvalue weighted by Crippen LogP contribution is 2.29. The smallest absolute Gasteiger partial charge is 0.317 e. The summed E-state index contributed by atoms with van der Waals surface area (Å²) < 4.78 is 10.8. The number of rotatable bonds is 6. The van der Waals surface area contributed by atoms with Gasteiger partial charge >= 0.3 is 6.03 Å². The van der Waals surface area contributed by atoms with Crippen LogP contribution >= 0.6 is 0 Å². The second kappa shape index (κ2) is 9.81. The molecule has 0 saturated carbocycles. The fraction of sp³-hybridized carbons (Fsp3) is 0.458. The lowest BCUT2D eigenvalue weighted by atomic mass is 10.1. The Kier molecular flexibility index (Phi) is 6.70. The Morgan fingerprint density at radius 2 is 1.77 bits per heavy atom. The van der Waals surface area contributed by atoms with Crippen molar-refractivity contribution in [3.05, 3.63) is 48.5 Å². The van der Waals surface area contributed by atoms with Gasteiger partial charge in [0.2, 0.25) is 0 Å². The lowest BCUT2D eigenvalue weighted by molar-refractivity contribution is 0.192. The van der Waals surface area contributed by atoms with E-state index in [1.165, 1.54) is 5.69 Å². The number of amides is 2. The number of carbonyl (C=O) groups excluding carboxylic acids is 1. The molecule has 2 aromatic rings. The standard InChI is InChI=1S/C24H32N4O3/c1-30-21-7-5-6-20(16-21)28-11-10-19(18-28)17-25-24(29)27-14-12-26(13-15-27)22-8-3-4-9-23(22)31-2/h3-9,16,19H,10-15,17-18H2,1-2H3,(H,25,29). The molecule has 2 amide bonds. The molecule has 0 aromatic heterocycles. The Morgan fingerprint density at radius 3 is 2.55 bits per heavy atom. The van der Waals surface area contributed by atoms with Crippen molar-refractivity contribution in [1.82, 2.24) is 10.2 Å². The van der Waals surface area contributed by atoms with Crippen LogP contribution in [0.4, 0.5) is 16.2 Å². The predicted octanol–water partition coefficient (Wildman–Crippen LogP) is 3.06. The van der Waals surface area contributed by atoms with Crippen LogP contribution in [0.2, 0.25) is 0 Å². The molecule has 0 spiro atoms. The van der Waals surface area contributed by atoms with Gasteiger partial charge in [-0.15, -0.1) is 0 Å². The van der Waals surface area contributed by atoms with Crippen LogP contribution in [0, 0.1) is 5.92 Å². The molecule has 2 aliphatic rings. The molecule has 1 N–H and O–H groups in total. The van der Waals surface area contributed by atoms with Gasteiger partial charge in [0.25, 0.3) is 0 Å². The van der Waals surface area contributed by atoms with Crippen molar-refractivity contribution in [1.29, 1.82) is 0 Å². The zero-order chi connectivity index (χ0) is 21.6. The van der Waals surface area contributed by atoms with Gasteiger partial charge in [-0.05, 0) is 36.6 Å². The lowest BCUT2D eigenvalue weighted by Gasteiger charge is -2.36. The number of methoxy groups -OCH3 is 2. The molecular formula is C24H32N4O3. The monoisotopic (exact) mass is 424 g/mol. The molecule has 2 saturated heterocycles. The summed E-state index contributed by atoms with van der Waals surface area (Å²) >= 11 is 0. The molecule has 31 heavy (non-hydrogen) atoms. The second-order valence-corrected chi connectivity index (χ2v) is 8.13. The van der Waals surface area contributed by atoms with Gasteiger partial charge in [-0.2, -0.15) is 0 Å². The average molecular weight is 425 g/mol. The fourth-order valence-corrected chi connectivity index (χ4v) is 4.43. The Balaban J connectivity index is 1.23. The summed E-state index contributed by atoms with van der Waals surface area (Å²) in [6, 6.07) is 16.3. The van der Waals surface area contributed by atoms with Gasteiger partial charge in [0.05, 0.1) is 19.9 Å². The number of carbonyl (C=O) groups is 1. The maximum absolute atomic E-state index is 12.7. The third kappa shape index (κ3) is 4.98. The van der Waals surface area contributed by atoms with Crippen LogP contribution < -0.4 is 24.6 Å². The van der Waals surface area contributed by atoms with E-state index >= 15 is 0 Å². The third-order valence-corrected chi connectivity index (χ3v) is 6.24. The number of benzene rings is 2. The minimum absolute atomic E-state index is 0.0412. The van der Waals surface area contributed by atoms with Gasteiger partial charge in [0.15, 0.2) is 0 Å². The number of hydrogen-bond donors (Lipinski definition) is 1. The quantitative estimate of drug-likeness (QED) is 0.773. The van der Waals surface area contributed by atoms with Crippen molar-refractivity contribution in [3.63, 3.8) is 0 Å². The Morgan fingerprint density at radius 1 is 0.968 bits per heavy atom. The highest BCUT2D eigenvalue weighted by molar-refractivity contribution is 5.74. The molecular weight excluding hydrogens is 392 g/mol. The first-order chi connectivity index (χ1) is 15.2. The van der Waals surface area contributed by atoms with Crippen molar-refractivity contribution in [2.45, 2.75) is 6.42 Å². The largest absolute Gasteiger partial charge is 0.497 e. The highest BCUT2D eigenvalue weighted by Gasteiger charge is 2.26. The fourth-order valence-electron chi connectivity index (χ4n) is 4.43. The van der Waals surface area contributed by atoms with E-state index in [2.05, 4.69) is 33.3 Å². The first kappa shape index (κ1) is 21.2. The van der Waals surface area contributed by atoms with E-state index in [0.717, 1.165) is 49.8 Å². The topological polar surface area (TPSA) is 57.3 Å². The lowest BCUT2D eigenvalue weighted by Crippen LogP contribution is -2.52. The number of hydrogen-bond acceptors (Lipinski definition) is 5. The van der Waals surface area contributed by atoms with E-state index in [0.29, 0.717) is 25.6 Å². The summed E-state index contributed by atoms with van der Waals surface area (Å²) in [7, 11) is 3.39. The summed E-state index contributed by atoms with van der Waals surface area (Å²) in [6.07, 6.45) is 1.08. The molecule has 1 atom stereocenters. The van der Waals surface area contributed by atoms with E-state index in [1.807, 2.05) is 35.2 Å². The van der Waals surface area contributed by atoms with Crippen LogP contribution in [0.5, 0.6) is 11.5 Å². The summed E-state index contributed by atoms with van der Waals surface area (Å²) in [4.78, 5) is 19.3. The number of para-hydroxylation sites is 2. The number of anilines is 2. The minimum atomic E-state index is 0.0412. The SMILES string of the molecule is COc1cccc(N2CCC(CNC(=O)N3CCN(c4ccccc4OC)CC3)C2)c1. The molecule has 4 rings (SSSR count). The summed E-state index contributed by atoms with van der Waals surface area (Å²) in [5, 5.41) is 3.16. The molecule has 1 unspecified atom stereocenters. The van der Waals surface area contributed by atoms with Crippen LogP contribution in [0.3, 0.4) is 0 Å². The van der Waals surface area contributed by atoms with Crippen molar-refractivity contribution in [2.24, 2.45) is 5.92 Å². The van der Waals surface area contributed by atoms with Crippen LogP contribution in [-0.4, -0.2) is 71.0 Å². The molecule has 0 radical (unpaired) electrons. The van der Waals surface area contributed by atoms with Crippen molar-refractivity contribution in [3.8, 4) is 11.5 Å². The van der Waals surface area contributed by atoms with Gasteiger partial charge in [-0.1, -0.05) is 18.2 Å². The molecule has 0 bridgehead atoms. The van der Waals surface area contributed by atoms with E-state index in [1.54, 1.807) is 14.2 Å². The first-order valence-electron chi connectivity index (χ1n) is 11.0. The Hall–Kier alpha value is -3.09. The summed E-state index contributed by atoms with van der Waals surface area (Å²) in [5.41, 5.74) is 2.27. The van der Waals surface area contributed by atoms with Crippen LogP contribution in [0.1, 0.15) is 6.42 Å². The first-order valence-corrected chi connectivity index (χ1v) is 11.0. The van der Waals surface area contributed by atoms with Crippen LogP contribution in [-0.2, 0) is 0 Å².